The minimum Gasteiger partial charge on any atom is -0.397 e. The van der Waals surface area contributed by atoms with Gasteiger partial charge in [0, 0.05) is 13.6 Å². The van der Waals surface area contributed by atoms with Gasteiger partial charge in [-0.2, -0.15) is 5.26 Å². The molecule has 0 aromatic heterocycles. The van der Waals surface area contributed by atoms with Crippen molar-refractivity contribution >= 4 is 11.4 Å². The van der Waals surface area contributed by atoms with Crippen molar-refractivity contribution in [3.8, 4) is 6.07 Å². The largest absolute Gasteiger partial charge is 0.397 e. The molecule has 0 fully saturated rings. The van der Waals surface area contributed by atoms with Crippen LogP contribution in [-0.2, 0) is 6.54 Å². The van der Waals surface area contributed by atoms with E-state index in [-0.39, 0.29) is 11.4 Å². The Morgan fingerprint density at radius 3 is 2.70 bits per heavy atom. The average Bonchev–Trinajstić information content (AvgIpc) is 2.43. The number of hydrogen-bond donors (Lipinski definition) is 1. The number of nitrogens with zero attached hydrogens (tertiary/aromatic N) is 2. The molecule has 0 radical (unpaired) electrons. The number of anilines is 2. The number of halogens is 2. The van der Waals surface area contributed by atoms with Gasteiger partial charge in [-0.05, 0) is 29.8 Å². The van der Waals surface area contributed by atoms with Crippen LogP contribution in [-0.4, -0.2) is 7.05 Å². The second kappa shape index (κ2) is 5.57. The van der Waals surface area contributed by atoms with Gasteiger partial charge >= 0.3 is 0 Å². The fraction of sp³-hybridized carbons (Fsp3) is 0.133. The zero-order valence-electron chi connectivity index (χ0n) is 10.9. The molecule has 2 rings (SSSR count). The van der Waals surface area contributed by atoms with E-state index in [1.165, 1.54) is 11.0 Å². The fourth-order valence-corrected chi connectivity index (χ4v) is 2.03. The van der Waals surface area contributed by atoms with Crippen LogP contribution in [0.2, 0.25) is 0 Å². The van der Waals surface area contributed by atoms with Crippen LogP contribution < -0.4 is 10.6 Å². The predicted octanol–water partition coefficient (Wildman–Crippen LogP) is 3.06. The summed E-state index contributed by atoms with van der Waals surface area (Å²) in [7, 11) is 1.62. The minimum absolute atomic E-state index is 0.0207. The maximum Gasteiger partial charge on any atom is 0.184 e. The van der Waals surface area contributed by atoms with Crippen molar-refractivity contribution in [1.82, 2.24) is 0 Å². The number of benzene rings is 2. The normalized spacial score (nSPS) is 10.1. The van der Waals surface area contributed by atoms with E-state index >= 15 is 0 Å². The van der Waals surface area contributed by atoms with E-state index in [0.29, 0.717) is 12.1 Å². The monoisotopic (exact) mass is 273 g/mol. The van der Waals surface area contributed by atoms with E-state index in [2.05, 4.69) is 0 Å². The van der Waals surface area contributed by atoms with Gasteiger partial charge in [0.2, 0.25) is 0 Å². The fourth-order valence-electron chi connectivity index (χ4n) is 2.03. The lowest BCUT2D eigenvalue weighted by molar-refractivity contribution is 0.508. The van der Waals surface area contributed by atoms with Crippen molar-refractivity contribution in [3.05, 3.63) is 59.2 Å². The summed E-state index contributed by atoms with van der Waals surface area (Å²) in [5.41, 5.74) is 7.22. The summed E-state index contributed by atoms with van der Waals surface area (Å²) in [4.78, 5) is 1.52. The molecule has 5 heteroatoms. The summed E-state index contributed by atoms with van der Waals surface area (Å²) >= 11 is 0. The molecule has 0 heterocycles. The Kier molecular flexibility index (Phi) is 3.85. The summed E-state index contributed by atoms with van der Waals surface area (Å²) < 4.78 is 27.1. The van der Waals surface area contributed by atoms with E-state index in [1.807, 2.05) is 12.1 Å². The topological polar surface area (TPSA) is 53.0 Å². The molecule has 0 atom stereocenters. The van der Waals surface area contributed by atoms with E-state index < -0.39 is 11.6 Å². The first kappa shape index (κ1) is 13.8. The summed E-state index contributed by atoms with van der Waals surface area (Å²) in [5, 5.41) is 8.84. The van der Waals surface area contributed by atoms with Crippen molar-refractivity contribution in [3.63, 3.8) is 0 Å². The van der Waals surface area contributed by atoms with Gasteiger partial charge in [-0.25, -0.2) is 8.78 Å². The SMILES string of the molecule is CN(Cc1cccc(C#N)c1)c1c(N)ccc(F)c1F. The maximum atomic E-state index is 13.8. The Bertz CT molecular complexity index is 677. The molecule has 0 bridgehead atoms. The van der Waals surface area contributed by atoms with Crippen LogP contribution in [0.25, 0.3) is 0 Å². The standard InChI is InChI=1S/C15H13F2N3/c1-20(9-11-4-2-3-10(7-11)8-18)15-13(19)6-5-12(16)14(15)17/h2-7H,9,19H2,1H3. The van der Waals surface area contributed by atoms with Crippen molar-refractivity contribution in [2.75, 3.05) is 17.7 Å². The highest BCUT2D eigenvalue weighted by molar-refractivity contribution is 5.68. The minimum atomic E-state index is -0.969. The lowest BCUT2D eigenvalue weighted by atomic mass is 10.1. The molecular weight excluding hydrogens is 260 g/mol. The second-order valence-electron chi connectivity index (χ2n) is 4.47. The van der Waals surface area contributed by atoms with Crippen LogP contribution in [0.5, 0.6) is 0 Å². The van der Waals surface area contributed by atoms with Gasteiger partial charge in [0.1, 0.15) is 0 Å². The van der Waals surface area contributed by atoms with E-state index in [9.17, 15) is 8.78 Å². The van der Waals surface area contributed by atoms with Crippen molar-refractivity contribution in [1.29, 1.82) is 5.26 Å². The van der Waals surface area contributed by atoms with Crippen LogP contribution in [0.1, 0.15) is 11.1 Å². The van der Waals surface area contributed by atoms with Crippen LogP contribution in [0.3, 0.4) is 0 Å². The van der Waals surface area contributed by atoms with Gasteiger partial charge in [-0.1, -0.05) is 12.1 Å². The van der Waals surface area contributed by atoms with Gasteiger partial charge in [-0.15, -0.1) is 0 Å². The molecule has 0 aliphatic carbocycles. The molecule has 2 aromatic rings. The number of nitriles is 1. The molecule has 102 valence electrons. The summed E-state index contributed by atoms with van der Waals surface area (Å²) in [6.07, 6.45) is 0. The summed E-state index contributed by atoms with van der Waals surface area (Å²) in [6, 6.07) is 11.3. The Hall–Kier alpha value is -2.61. The third kappa shape index (κ3) is 2.69. The quantitative estimate of drug-likeness (QED) is 0.874. The molecule has 20 heavy (non-hydrogen) atoms. The summed E-state index contributed by atoms with van der Waals surface area (Å²) in [5.74, 6) is -1.91. The molecule has 0 spiro atoms. The number of nitrogens with two attached hydrogens (primary N) is 1. The van der Waals surface area contributed by atoms with E-state index in [0.717, 1.165) is 11.6 Å². The Morgan fingerprint density at radius 1 is 1.25 bits per heavy atom. The third-order valence-electron chi connectivity index (χ3n) is 2.96. The highest BCUT2D eigenvalue weighted by atomic mass is 19.2. The Morgan fingerprint density at radius 2 is 2.00 bits per heavy atom. The molecule has 0 unspecified atom stereocenters. The van der Waals surface area contributed by atoms with Crippen LogP contribution in [0.4, 0.5) is 20.2 Å². The molecule has 2 N–H and O–H groups in total. The molecule has 3 nitrogen and oxygen atoms in total. The zero-order valence-corrected chi connectivity index (χ0v) is 10.9. The Balaban J connectivity index is 2.31. The first-order chi connectivity index (χ1) is 9.52. The second-order valence-corrected chi connectivity index (χ2v) is 4.47. The van der Waals surface area contributed by atoms with Crippen molar-refractivity contribution in [2.24, 2.45) is 0 Å². The molecule has 0 aliphatic heterocycles. The van der Waals surface area contributed by atoms with E-state index in [4.69, 9.17) is 11.0 Å². The first-order valence-electron chi connectivity index (χ1n) is 5.96. The Labute approximate surface area is 115 Å². The van der Waals surface area contributed by atoms with Crippen LogP contribution in [0.15, 0.2) is 36.4 Å². The van der Waals surface area contributed by atoms with Gasteiger partial charge in [-0.3, -0.25) is 0 Å². The maximum absolute atomic E-state index is 13.8. The molecule has 0 saturated carbocycles. The van der Waals surface area contributed by atoms with Gasteiger partial charge in [0.15, 0.2) is 11.6 Å². The summed E-state index contributed by atoms with van der Waals surface area (Å²) in [6.45, 7) is 0.320. The lowest BCUT2D eigenvalue weighted by Gasteiger charge is -2.22. The molecule has 2 aromatic carbocycles. The van der Waals surface area contributed by atoms with Crippen LogP contribution in [0, 0.1) is 23.0 Å². The van der Waals surface area contributed by atoms with Crippen molar-refractivity contribution < 1.29 is 8.78 Å². The number of nitrogen functional groups attached to an aromatic ring is 1. The van der Waals surface area contributed by atoms with E-state index in [1.54, 1.807) is 25.2 Å². The van der Waals surface area contributed by atoms with Gasteiger partial charge in [0.25, 0.3) is 0 Å². The average molecular weight is 273 g/mol. The number of hydrogen-bond acceptors (Lipinski definition) is 3. The molecular formula is C15H13F2N3. The number of rotatable bonds is 3. The highest BCUT2D eigenvalue weighted by Gasteiger charge is 2.16. The predicted molar refractivity (Wildman–Crippen MR) is 74.0 cm³/mol. The van der Waals surface area contributed by atoms with Crippen LogP contribution >= 0.6 is 0 Å². The van der Waals surface area contributed by atoms with Gasteiger partial charge in [0.05, 0.1) is 23.0 Å². The molecule has 0 amide bonds. The van der Waals surface area contributed by atoms with Crippen molar-refractivity contribution in [2.45, 2.75) is 6.54 Å². The molecule has 0 saturated heterocycles. The zero-order chi connectivity index (χ0) is 14.7. The van der Waals surface area contributed by atoms with Gasteiger partial charge < -0.3 is 10.6 Å². The lowest BCUT2D eigenvalue weighted by Crippen LogP contribution is -2.20. The third-order valence-corrected chi connectivity index (χ3v) is 2.96. The molecule has 0 aliphatic rings. The first-order valence-corrected chi connectivity index (χ1v) is 5.96. The highest BCUT2D eigenvalue weighted by Crippen LogP contribution is 2.28. The smallest absolute Gasteiger partial charge is 0.184 e.